The number of rotatable bonds is 4. The van der Waals surface area contributed by atoms with E-state index in [1.54, 1.807) is 24.3 Å². The number of pyridine rings is 1. The number of hydrogen-bond acceptors (Lipinski definition) is 5. The van der Waals surface area contributed by atoms with Gasteiger partial charge in [-0.3, -0.25) is 4.98 Å². The van der Waals surface area contributed by atoms with Crippen molar-refractivity contribution in [1.82, 2.24) is 4.98 Å². The fraction of sp³-hybridized carbons (Fsp3) is 0.286. The number of ether oxygens (including phenoxy) is 1. The molecule has 2 N–H and O–H groups in total. The molecule has 0 saturated carbocycles. The Balaban J connectivity index is 2.03. The summed E-state index contributed by atoms with van der Waals surface area (Å²) in [4.78, 5) is 18.3. The Hall–Kier alpha value is -1.88. The summed E-state index contributed by atoms with van der Waals surface area (Å²) in [5.41, 5.74) is 7.13. The van der Waals surface area contributed by atoms with Gasteiger partial charge in [0.15, 0.2) is 0 Å². The Morgan fingerprint density at radius 1 is 1.42 bits per heavy atom. The Labute approximate surface area is 116 Å². The summed E-state index contributed by atoms with van der Waals surface area (Å²) in [6.45, 7) is 4.15. The lowest BCUT2D eigenvalue weighted by atomic mass is 10.2. The van der Waals surface area contributed by atoms with Crippen molar-refractivity contribution in [2.75, 3.05) is 5.73 Å². The molecule has 0 radical (unpaired) electrons. The molecule has 2 aromatic rings. The van der Waals surface area contributed by atoms with Crippen LogP contribution < -0.4 is 5.73 Å². The lowest BCUT2D eigenvalue weighted by molar-refractivity contribution is 0.0475. The number of nitrogens with two attached hydrogens (primary N) is 1. The zero-order valence-electron chi connectivity index (χ0n) is 11.0. The Morgan fingerprint density at radius 3 is 2.84 bits per heavy atom. The van der Waals surface area contributed by atoms with Crippen molar-refractivity contribution >= 4 is 23.0 Å². The summed E-state index contributed by atoms with van der Waals surface area (Å²) in [5.74, 6) is -0.385. The highest BCUT2D eigenvalue weighted by molar-refractivity contribution is 7.11. The molecule has 0 spiro atoms. The third-order valence-electron chi connectivity index (χ3n) is 2.74. The molecule has 0 aliphatic carbocycles. The van der Waals surface area contributed by atoms with Crippen LogP contribution in [0.5, 0.6) is 0 Å². The van der Waals surface area contributed by atoms with Crippen LogP contribution in [0.25, 0.3) is 0 Å². The van der Waals surface area contributed by atoms with E-state index >= 15 is 0 Å². The molecule has 2 rings (SSSR count). The molecule has 5 heteroatoms. The average molecular weight is 276 g/mol. The van der Waals surface area contributed by atoms with Crippen molar-refractivity contribution in [2.45, 2.75) is 26.9 Å². The van der Waals surface area contributed by atoms with Crippen LogP contribution in [0, 0.1) is 6.92 Å². The molecule has 0 saturated heterocycles. The molecule has 0 unspecified atom stereocenters. The van der Waals surface area contributed by atoms with Gasteiger partial charge in [-0.25, -0.2) is 4.79 Å². The molecule has 0 aliphatic rings. The second-order valence-corrected chi connectivity index (χ2v) is 5.45. The number of aromatic nitrogens is 1. The van der Waals surface area contributed by atoms with Gasteiger partial charge in [0, 0.05) is 9.75 Å². The maximum absolute atomic E-state index is 12.0. The maximum Gasteiger partial charge on any atom is 0.340 e. The van der Waals surface area contributed by atoms with E-state index in [2.05, 4.69) is 18.0 Å². The van der Waals surface area contributed by atoms with E-state index < -0.39 is 0 Å². The zero-order valence-corrected chi connectivity index (χ0v) is 11.8. The predicted molar refractivity (Wildman–Crippen MR) is 76.2 cm³/mol. The van der Waals surface area contributed by atoms with Crippen molar-refractivity contribution in [3.8, 4) is 0 Å². The number of carbonyl (C=O) groups is 1. The standard InChI is InChI=1S/C14H16N2O2S/c1-3-11-4-5-12(19-11)8-18-14(17)13-6-10(15)7-16-9(13)2/h4-7H,3,8,15H2,1-2H3. The van der Waals surface area contributed by atoms with E-state index in [0.29, 0.717) is 16.9 Å². The summed E-state index contributed by atoms with van der Waals surface area (Å²) in [5, 5.41) is 0. The van der Waals surface area contributed by atoms with Crippen LogP contribution in [0.15, 0.2) is 24.4 Å². The normalized spacial score (nSPS) is 10.4. The van der Waals surface area contributed by atoms with E-state index in [4.69, 9.17) is 10.5 Å². The van der Waals surface area contributed by atoms with Gasteiger partial charge in [0.2, 0.25) is 0 Å². The third kappa shape index (κ3) is 3.32. The van der Waals surface area contributed by atoms with Gasteiger partial charge < -0.3 is 10.5 Å². The van der Waals surface area contributed by atoms with E-state index in [1.807, 2.05) is 6.07 Å². The summed E-state index contributed by atoms with van der Waals surface area (Å²) >= 11 is 1.66. The van der Waals surface area contributed by atoms with Crippen LogP contribution in [-0.2, 0) is 17.8 Å². The van der Waals surface area contributed by atoms with Crippen LogP contribution in [0.3, 0.4) is 0 Å². The van der Waals surface area contributed by atoms with Gasteiger partial charge in [-0.15, -0.1) is 11.3 Å². The lowest BCUT2D eigenvalue weighted by Gasteiger charge is -2.06. The topological polar surface area (TPSA) is 65.2 Å². The highest BCUT2D eigenvalue weighted by atomic mass is 32.1. The number of nitrogen functional groups attached to an aromatic ring is 1. The van der Waals surface area contributed by atoms with Crippen molar-refractivity contribution in [3.05, 3.63) is 45.4 Å². The van der Waals surface area contributed by atoms with Gasteiger partial charge in [0.1, 0.15) is 6.61 Å². The number of aryl methyl sites for hydroxylation is 2. The van der Waals surface area contributed by atoms with Crippen LogP contribution in [-0.4, -0.2) is 11.0 Å². The smallest absolute Gasteiger partial charge is 0.340 e. The van der Waals surface area contributed by atoms with Gasteiger partial charge in [0.25, 0.3) is 0 Å². The number of nitrogens with zero attached hydrogens (tertiary/aromatic N) is 1. The van der Waals surface area contributed by atoms with E-state index in [0.717, 1.165) is 11.3 Å². The van der Waals surface area contributed by atoms with Crippen LogP contribution in [0.1, 0.15) is 32.7 Å². The summed E-state index contributed by atoms with van der Waals surface area (Å²) < 4.78 is 5.28. The Morgan fingerprint density at radius 2 is 2.16 bits per heavy atom. The van der Waals surface area contributed by atoms with Gasteiger partial charge in [-0.1, -0.05) is 6.92 Å². The first-order valence-electron chi connectivity index (χ1n) is 6.07. The van der Waals surface area contributed by atoms with Crippen LogP contribution in [0.2, 0.25) is 0 Å². The number of carbonyl (C=O) groups excluding carboxylic acids is 1. The third-order valence-corrected chi connectivity index (χ3v) is 3.94. The highest BCUT2D eigenvalue weighted by Gasteiger charge is 2.12. The Bertz CT molecular complexity index is 593. The summed E-state index contributed by atoms with van der Waals surface area (Å²) in [7, 11) is 0. The quantitative estimate of drug-likeness (QED) is 0.872. The molecule has 0 fully saturated rings. The minimum Gasteiger partial charge on any atom is -0.456 e. The largest absolute Gasteiger partial charge is 0.456 e. The van der Waals surface area contributed by atoms with Crippen LogP contribution in [0.4, 0.5) is 5.69 Å². The molecule has 4 nitrogen and oxygen atoms in total. The second kappa shape index (κ2) is 5.84. The van der Waals surface area contributed by atoms with Crippen molar-refractivity contribution in [1.29, 1.82) is 0 Å². The number of hydrogen-bond donors (Lipinski definition) is 1. The van der Waals surface area contributed by atoms with Crippen molar-refractivity contribution in [3.63, 3.8) is 0 Å². The zero-order chi connectivity index (χ0) is 13.8. The first-order chi connectivity index (χ1) is 9.10. The first-order valence-corrected chi connectivity index (χ1v) is 6.88. The van der Waals surface area contributed by atoms with Crippen molar-refractivity contribution in [2.24, 2.45) is 0 Å². The molecule has 0 atom stereocenters. The minimum atomic E-state index is -0.385. The molecule has 0 bridgehead atoms. The molecular weight excluding hydrogens is 260 g/mol. The number of esters is 1. The van der Waals surface area contributed by atoms with Crippen LogP contribution >= 0.6 is 11.3 Å². The van der Waals surface area contributed by atoms with E-state index in [-0.39, 0.29) is 12.6 Å². The minimum absolute atomic E-state index is 0.289. The monoisotopic (exact) mass is 276 g/mol. The molecule has 0 aliphatic heterocycles. The molecule has 0 amide bonds. The summed E-state index contributed by atoms with van der Waals surface area (Å²) in [6, 6.07) is 5.64. The molecule has 100 valence electrons. The number of anilines is 1. The molecular formula is C14H16N2O2S. The highest BCUT2D eigenvalue weighted by Crippen LogP contribution is 2.19. The number of thiophene rings is 1. The maximum atomic E-state index is 12.0. The van der Waals surface area contributed by atoms with Crippen molar-refractivity contribution < 1.29 is 9.53 Å². The fourth-order valence-electron chi connectivity index (χ4n) is 1.66. The average Bonchev–Trinajstić information content (AvgIpc) is 2.87. The van der Waals surface area contributed by atoms with Gasteiger partial charge in [-0.2, -0.15) is 0 Å². The second-order valence-electron chi connectivity index (χ2n) is 4.20. The summed E-state index contributed by atoms with van der Waals surface area (Å²) in [6.07, 6.45) is 2.52. The SMILES string of the molecule is CCc1ccc(COC(=O)c2cc(N)cnc2C)s1. The fourth-order valence-corrected chi connectivity index (χ4v) is 2.53. The van der Waals surface area contributed by atoms with Gasteiger partial charge in [0.05, 0.1) is 23.1 Å². The predicted octanol–water partition coefficient (Wildman–Crippen LogP) is 2.95. The lowest BCUT2D eigenvalue weighted by Crippen LogP contribution is -2.08. The van der Waals surface area contributed by atoms with E-state index in [1.165, 1.54) is 11.1 Å². The molecule has 0 aromatic carbocycles. The molecule has 2 heterocycles. The van der Waals surface area contributed by atoms with Gasteiger partial charge >= 0.3 is 5.97 Å². The molecule has 19 heavy (non-hydrogen) atoms. The molecule has 2 aromatic heterocycles. The first kappa shape index (κ1) is 13.5. The Kier molecular flexibility index (Phi) is 4.16. The van der Waals surface area contributed by atoms with E-state index in [9.17, 15) is 4.79 Å². The van der Waals surface area contributed by atoms with Gasteiger partial charge in [-0.05, 0) is 31.5 Å².